The lowest BCUT2D eigenvalue weighted by atomic mass is 9.34. The van der Waals surface area contributed by atoms with E-state index in [1.807, 2.05) is 12.1 Å². The van der Waals surface area contributed by atoms with Gasteiger partial charge in [0.25, 0.3) is 6.71 Å². The number of benzene rings is 6. The molecule has 7 aromatic rings. The van der Waals surface area contributed by atoms with E-state index in [-0.39, 0.29) is 23.0 Å². The molecule has 264 valence electrons. The van der Waals surface area contributed by atoms with Crippen LogP contribution >= 0.6 is 0 Å². The third-order valence-corrected chi connectivity index (χ3v) is 11.1. The van der Waals surface area contributed by atoms with Gasteiger partial charge in [0.2, 0.25) is 0 Å². The second kappa shape index (κ2) is 11.5. The van der Waals surface area contributed by atoms with Crippen LogP contribution in [-0.4, -0.2) is 6.71 Å². The van der Waals surface area contributed by atoms with Crippen molar-refractivity contribution in [2.45, 2.75) is 78.6 Å². The van der Waals surface area contributed by atoms with E-state index in [2.05, 4.69) is 170 Å². The van der Waals surface area contributed by atoms with Gasteiger partial charge in [-0.2, -0.15) is 0 Å². The van der Waals surface area contributed by atoms with Crippen LogP contribution in [0.2, 0.25) is 0 Å². The molecular formula is C48H46BNO3. The van der Waals surface area contributed by atoms with E-state index in [4.69, 9.17) is 13.9 Å². The molecule has 2 aliphatic rings. The molecule has 0 fully saturated rings. The fourth-order valence-electron chi connectivity index (χ4n) is 8.03. The second-order valence-corrected chi connectivity index (χ2v) is 17.9. The first-order valence-electron chi connectivity index (χ1n) is 18.8. The van der Waals surface area contributed by atoms with Crippen molar-refractivity contribution in [1.29, 1.82) is 0 Å². The van der Waals surface area contributed by atoms with Gasteiger partial charge in [0.15, 0.2) is 11.3 Å². The van der Waals surface area contributed by atoms with Crippen LogP contribution in [0.15, 0.2) is 120 Å². The summed E-state index contributed by atoms with van der Waals surface area (Å²) < 4.78 is 20.7. The Morgan fingerprint density at radius 1 is 0.491 bits per heavy atom. The van der Waals surface area contributed by atoms with Gasteiger partial charge in [0.05, 0.1) is 0 Å². The Morgan fingerprint density at radius 3 is 1.66 bits per heavy atom. The summed E-state index contributed by atoms with van der Waals surface area (Å²) in [6, 6.07) is 41.5. The Hall–Kier alpha value is -5.42. The van der Waals surface area contributed by atoms with E-state index in [0.717, 1.165) is 78.4 Å². The highest BCUT2D eigenvalue weighted by molar-refractivity contribution is 6.98. The van der Waals surface area contributed by atoms with Crippen LogP contribution in [0.4, 0.5) is 17.1 Å². The van der Waals surface area contributed by atoms with Gasteiger partial charge in [-0.3, -0.25) is 0 Å². The molecule has 9 rings (SSSR count). The molecule has 0 amide bonds. The van der Waals surface area contributed by atoms with Gasteiger partial charge in [-0.15, -0.1) is 0 Å². The number of anilines is 3. The monoisotopic (exact) mass is 695 g/mol. The summed E-state index contributed by atoms with van der Waals surface area (Å²) in [5.41, 5.74) is 11.7. The Bertz CT molecular complexity index is 2500. The zero-order chi connectivity index (χ0) is 37.0. The van der Waals surface area contributed by atoms with Crippen molar-refractivity contribution in [3.05, 3.63) is 132 Å². The molecule has 0 unspecified atom stereocenters. The molecule has 0 saturated heterocycles. The van der Waals surface area contributed by atoms with Crippen molar-refractivity contribution in [2.75, 3.05) is 4.90 Å². The summed E-state index contributed by atoms with van der Waals surface area (Å²) in [7, 11) is 0. The molecule has 0 saturated carbocycles. The number of para-hydroxylation sites is 1. The van der Waals surface area contributed by atoms with Crippen LogP contribution in [0.3, 0.4) is 0 Å². The minimum absolute atomic E-state index is 0.0164. The number of ether oxygens (including phenoxy) is 2. The Labute approximate surface area is 313 Å². The summed E-state index contributed by atoms with van der Waals surface area (Å²) in [5.74, 6) is 3.31. The molecule has 1 aromatic heterocycles. The molecular weight excluding hydrogens is 649 g/mol. The number of rotatable bonds is 3. The molecule has 0 spiro atoms. The van der Waals surface area contributed by atoms with Crippen molar-refractivity contribution in [2.24, 2.45) is 0 Å². The molecule has 0 bridgehead atoms. The number of nitrogens with zero attached hydrogens (tertiary/aromatic N) is 1. The van der Waals surface area contributed by atoms with E-state index in [9.17, 15) is 0 Å². The zero-order valence-corrected chi connectivity index (χ0v) is 32.2. The van der Waals surface area contributed by atoms with Gasteiger partial charge in [-0.05, 0) is 92.4 Å². The van der Waals surface area contributed by atoms with Crippen molar-refractivity contribution in [3.63, 3.8) is 0 Å². The molecule has 0 atom stereocenters. The van der Waals surface area contributed by atoms with Crippen LogP contribution in [0.5, 0.6) is 23.0 Å². The number of hydrogen-bond acceptors (Lipinski definition) is 4. The standard InChI is InChI=1S/C48H46BNO3/c1-46(2,3)29-17-22-32(23-18-29)50(33-24-19-30(20-25-33)47(4,5)6)43-44-35(34-13-10-11-14-38(34)52-44)28-37-45(43)53-41-16-12-15-40-42(41)49(37)36-27-31(48(7,8)9)21-26-39(36)51-40/h10-28H,1-9H3. The average molecular weight is 696 g/mol. The first-order chi connectivity index (χ1) is 25.2. The first-order valence-corrected chi connectivity index (χ1v) is 18.8. The molecule has 53 heavy (non-hydrogen) atoms. The Balaban J connectivity index is 1.39. The maximum absolute atomic E-state index is 7.17. The average Bonchev–Trinajstić information content (AvgIpc) is 3.49. The largest absolute Gasteiger partial charge is 0.458 e. The summed E-state index contributed by atoms with van der Waals surface area (Å²) in [6.07, 6.45) is 0. The minimum Gasteiger partial charge on any atom is -0.458 e. The van der Waals surface area contributed by atoms with E-state index in [0.29, 0.717) is 0 Å². The predicted octanol–water partition coefficient (Wildman–Crippen LogP) is 11.7. The third-order valence-electron chi connectivity index (χ3n) is 11.1. The summed E-state index contributed by atoms with van der Waals surface area (Å²) in [5, 5.41) is 2.13. The quantitative estimate of drug-likeness (QED) is 0.172. The summed E-state index contributed by atoms with van der Waals surface area (Å²) in [6.45, 7) is 20.2. The van der Waals surface area contributed by atoms with Gasteiger partial charge in [0, 0.05) is 27.6 Å². The van der Waals surface area contributed by atoms with E-state index in [1.165, 1.54) is 16.7 Å². The molecule has 4 nitrogen and oxygen atoms in total. The topological polar surface area (TPSA) is 34.8 Å². The molecule has 0 aliphatic carbocycles. The van der Waals surface area contributed by atoms with E-state index < -0.39 is 0 Å². The molecule has 2 aliphatic heterocycles. The highest BCUT2D eigenvalue weighted by atomic mass is 16.5. The van der Waals surface area contributed by atoms with Crippen LogP contribution in [-0.2, 0) is 16.2 Å². The minimum atomic E-state index is -0.110. The smallest absolute Gasteiger partial charge is 0.260 e. The number of hydrogen-bond donors (Lipinski definition) is 0. The van der Waals surface area contributed by atoms with Gasteiger partial charge in [-0.25, -0.2) is 0 Å². The maximum Gasteiger partial charge on any atom is 0.260 e. The fourth-order valence-corrected chi connectivity index (χ4v) is 8.03. The van der Waals surface area contributed by atoms with Crippen molar-refractivity contribution in [3.8, 4) is 23.0 Å². The molecule has 0 N–H and O–H groups in total. The van der Waals surface area contributed by atoms with Crippen molar-refractivity contribution < 1.29 is 13.9 Å². The molecule has 6 aromatic carbocycles. The van der Waals surface area contributed by atoms with Crippen LogP contribution in [0, 0.1) is 0 Å². The maximum atomic E-state index is 7.17. The van der Waals surface area contributed by atoms with Gasteiger partial charge >= 0.3 is 0 Å². The molecule has 5 heteroatoms. The Morgan fingerprint density at radius 2 is 1.06 bits per heavy atom. The lowest BCUT2D eigenvalue weighted by Gasteiger charge is -2.36. The fraction of sp³-hybridized carbons (Fsp3) is 0.250. The van der Waals surface area contributed by atoms with Gasteiger partial charge in [0.1, 0.15) is 28.5 Å². The number of furan rings is 1. The highest BCUT2D eigenvalue weighted by Gasteiger charge is 2.43. The van der Waals surface area contributed by atoms with Crippen LogP contribution in [0.25, 0.3) is 21.9 Å². The van der Waals surface area contributed by atoms with E-state index in [1.54, 1.807) is 0 Å². The van der Waals surface area contributed by atoms with Crippen molar-refractivity contribution in [1.82, 2.24) is 0 Å². The van der Waals surface area contributed by atoms with Gasteiger partial charge in [-0.1, -0.05) is 129 Å². The molecule has 3 heterocycles. The van der Waals surface area contributed by atoms with Gasteiger partial charge < -0.3 is 18.8 Å². The van der Waals surface area contributed by atoms with E-state index >= 15 is 0 Å². The first kappa shape index (κ1) is 33.4. The molecule has 0 radical (unpaired) electrons. The highest BCUT2D eigenvalue weighted by Crippen LogP contribution is 2.50. The summed E-state index contributed by atoms with van der Waals surface area (Å²) >= 11 is 0. The lowest BCUT2D eigenvalue weighted by Crippen LogP contribution is -2.57. The van der Waals surface area contributed by atoms with Crippen molar-refractivity contribution >= 4 is 62.1 Å². The lowest BCUT2D eigenvalue weighted by molar-refractivity contribution is 0.464. The normalized spacial score (nSPS) is 13.6. The second-order valence-electron chi connectivity index (χ2n) is 17.9. The SMILES string of the molecule is CC(C)(C)c1ccc(N(c2ccc(C(C)(C)C)cc2)c2c3c(cc4c2oc2ccccc24)B2c4cc(C(C)(C)C)ccc4Oc4cccc(c42)O3)cc1. The predicted molar refractivity (Wildman–Crippen MR) is 222 cm³/mol. The van der Waals surface area contributed by atoms with Crippen LogP contribution in [0.1, 0.15) is 79.0 Å². The van der Waals surface area contributed by atoms with Crippen LogP contribution < -0.4 is 30.8 Å². The Kier molecular flexibility index (Phi) is 7.28. The third kappa shape index (κ3) is 5.43. The summed E-state index contributed by atoms with van der Waals surface area (Å²) in [4.78, 5) is 2.34. The zero-order valence-electron chi connectivity index (χ0n) is 32.2. The number of fused-ring (bicyclic) bond motifs is 7.